The molecular weight excluding hydrogens is 438 g/mol. The first-order valence-corrected chi connectivity index (χ1v) is 12.0. The molecule has 4 rings (SSSR count). The van der Waals surface area contributed by atoms with Crippen LogP contribution >= 0.6 is 0 Å². The zero-order valence-electron chi connectivity index (χ0n) is 20.5. The van der Waals surface area contributed by atoms with E-state index >= 15 is 0 Å². The molecule has 1 saturated heterocycles. The molecule has 1 aliphatic heterocycles. The summed E-state index contributed by atoms with van der Waals surface area (Å²) in [5.74, 6) is 0.406. The van der Waals surface area contributed by atoms with E-state index in [9.17, 15) is 9.59 Å². The van der Waals surface area contributed by atoms with Gasteiger partial charge in [0, 0.05) is 30.8 Å². The monoisotopic (exact) mass is 471 g/mol. The molecule has 3 aromatic rings. The van der Waals surface area contributed by atoms with Crippen LogP contribution in [0.25, 0.3) is 0 Å². The molecule has 0 aromatic heterocycles. The molecule has 6 nitrogen and oxygen atoms in total. The zero-order valence-corrected chi connectivity index (χ0v) is 20.5. The number of likely N-dealkylation sites (tertiary alicyclic amines) is 1. The minimum Gasteiger partial charge on any atom is -0.497 e. The Morgan fingerprint density at radius 3 is 2.49 bits per heavy atom. The second-order valence-corrected chi connectivity index (χ2v) is 9.25. The van der Waals surface area contributed by atoms with E-state index in [0.29, 0.717) is 30.9 Å². The predicted molar refractivity (Wildman–Crippen MR) is 139 cm³/mol. The van der Waals surface area contributed by atoms with E-state index in [1.807, 2.05) is 61.5 Å². The van der Waals surface area contributed by atoms with Gasteiger partial charge in [-0.2, -0.15) is 0 Å². The quantitative estimate of drug-likeness (QED) is 0.497. The number of rotatable bonds is 6. The Morgan fingerprint density at radius 1 is 0.971 bits per heavy atom. The zero-order chi connectivity index (χ0) is 24.8. The lowest BCUT2D eigenvalue weighted by atomic mass is 9.83. The number of piperidine rings is 1. The van der Waals surface area contributed by atoms with Crippen molar-refractivity contribution in [2.75, 3.05) is 25.5 Å². The fourth-order valence-electron chi connectivity index (χ4n) is 4.68. The van der Waals surface area contributed by atoms with Crippen LogP contribution < -0.4 is 15.4 Å². The second kappa shape index (κ2) is 11.1. The molecule has 182 valence electrons. The Bertz CT molecular complexity index is 1160. The highest BCUT2D eigenvalue weighted by Crippen LogP contribution is 2.32. The van der Waals surface area contributed by atoms with Gasteiger partial charge < -0.3 is 20.3 Å². The topological polar surface area (TPSA) is 70.7 Å². The number of nitrogens with one attached hydrogen (secondary N) is 2. The third-order valence-electron chi connectivity index (χ3n) is 6.60. The molecule has 3 amide bonds. The van der Waals surface area contributed by atoms with E-state index in [4.69, 9.17) is 4.74 Å². The standard InChI is InChI=1S/C29H33N3O3/c1-20-9-7-12-23(15-20)24-16-25(28(33)30-21(2)22-10-5-4-6-11-22)19-32(18-24)29(34)31-26-13-8-14-27(17-26)35-3/h4-15,17,21,24-25H,16,18-19H2,1-3H3,(H,30,33)(H,31,34). The van der Waals surface area contributed by atoms with Crippen molar-refractivity contribution in [3.63, 3.8) is 0 Å². The van der Waals surface area contributed by atoms with Crippen molar-refractivity contribution in [3.05, 3.63) is 95.6 Å². The molecule has 0 spiro atoms. The van der Waals surface area contributed by atoms with Crippen LogP contribution in [0.15, 0.2) is 78.9 Å². The highest BCUT2D eigenvalue weighted by molar-refractivity contribution is 5.90. The SMILES string of the molecule is COc1cccc(NC(=O)N2CC(C(=O)NC(C)c3ccccc3)CC(c3cccc(C)c3)C2)c1. The van der Waals surface area contributed by atoms with Gasteiger partial charge in [-0.1, -0.05) is 66.2 Å². The van der Waals surface area contributed by atoms with Crippen molar-refractivity contribution in [3.8, 4) is 5.75 Å². The van der Waals surface area contributed by atoms with Crippen LogP contribution in [0, 0.1) is 12.8 Å². The van der Waals surface area contributed by atoms with E-state index in [-0.39, 0.29) is 29.8 Å². The van der Waals surface area contributed by atoms with Gasteiger partial charge in [0.15, 0.2) is 0 Å². The van der Waals surface area contributed by atoms with Gasteiger partial charge in [-0.05, 0) is 43.5 Å². The highest BCUT2D eigenvalue weighted by Gasteiger charge is 2.35. The average molecular weight is 472 g/mol. The Balaban J connectivity index is 1.52. The summed E-state index contributed by atoms with van der Waals surface area (Å²) in [6.45, 7) is 4.97. The fourth-order valence-corrected chi connectivity index (χ4v) is 4.68. The number of nitrogens with zero attached hydrogens (tertiary/aromatic N) is 1. The van der Waals surface area contributed by atoms with Gasteiger partial charge in [0.1, 0.15) is 5.75 Å². The minimum absolute atomic E-state index is 0.0297. The number of anilines is 1. The van der Waals surface area contributed by atoms with Crippen molar-refractivity contribution >= 4 is 17.6 Å². The van der Waals surface area contributed by atoms with Crippen LogP contribution in [-0.4, -0.2) is 37.0 Å². The van der Waals surface area contributed by atoms with Crippen molar-refractivity contribution in [2.45, 2.75) is 32.2 Å². The smallest absolute Gasteiger partial charge is 0.321 e. The van der Waals surface area contributed by atoms with Crippen molar-refractivity contribution in [1.29, 1.82) is 0 Å². The predicted octanol–water partition coefficient (Wildman–Crippen LogP) is 5.52. The summed E-state index contributed by atoms with van der Waals surface area (Å²) in [6.07, 6.45) is 0.694. The molecule has 0 saturated carbocycles. The normalized spacial score (nSPS) is 18.4. The molecule has 1 aliphatic rings. The molecule has 35 heavy (non-hydrogen) atoms. The maximum atomic E-state index is 13.3. The third kappa shape index (κ3) is 6.21. The number of ether oxygens (including phenoxy) is 1. The minimum atomic E-state index is -0.309. The van der Waals surface area contributed by atoms with Crippen molar-refractivity contribution in [1.82, 2.24) is 10.2 Å². The lowest BCUT2D eigenvalue weighted by Crippen LogP contribution is -2.49. The summed E-state index contributed by atoms with van der Waals surface area (Å²) in [7, 11) is 1.59. The summed E-state index contributed by atoms with van der Waals surface area (Å²) in [6, 6.07) is 25.2. The molecule has 1 heterocycles. The van der Waals surface area contributed by atoms with Gasteiger partial charge in [0.25, 0.3) is 0 Å². The summed E-state index contributed by atoms with van der Waals surface area (Å²) < 4.78 is 5.27. The van der Waals surface area contributed by atoms with Crippen molar-refractivity contribution < 1.29 is 14.3 Å². The van der Waals surface area contributed by atoms with E-state index < -0.39 is 0 Å². The molecule has 0 aliphatic carbocycles. The number of benzene rings is 3. The lowest BCUT2D eigenvalue weighted by molar-refractivity contribution is -0.127. The summed E-state index contributed by atoms with van der Waals surface area (Å²) in [5, 5.41) is 6.13. The van der Waals surface area contributed by atoms with Gasteiger partial charge in [-0.15, -0.1) is 0 Å². The second-order valence-electron chi connectivity index (χ2n) is 9.25. The summed E-state index contributed by atoms with van der Waals surface area (Å²) >= 11 is 0. The van der Waals surface area contributed by atoms with Crippen LogP contribution in [-0.2, 0) is 4.79 Å². The van der Waals surface area contributed by atoms with Gasteiger partial charge in [-0.25, -0.2) is 4.79 Å². The first kappa shape index (κ1) is 24.3. The Labute approximate surface area is 207 Å². The molecule has 6 heteroatoms. The summed E-state index contributed by atoms with van der Waals surface area (Å²) in [5.41, 5.74) is 4.03. The van der Waals surface area contributed by atoms with Gasteiger partial charge in [0.05, 0.1) is 19.1 Å². The molecular formula is C29H33N3O3. The maximum absolute atomic E-state index is 13.3. The Kier molecular flexibility index (Phi) is 7.70. The molecule has 1 fully saturated rings. The van der Waals surface area contributed by atoms with E-state index in [1.54, 1.807) is 18.1 Å². The van der Waals surface area contributed by atoms with Crippen LogP contribution in [0.1, 0.15) is 42.0 Å². The number of urea groups is 1. The first-order chi connectivity index (χ1) is 16.9. The van der Waals surface area contributed by atoms with Crippen LogP contribution in [0.2, 0.25) is 0 Å². The van der Waals surface area contributed by atoms with Gasteiger partial charge in [-0.3, -0.25) is 4.79 Å². The largest absolute Gasteiger partial charge is 0.497 e. The summed E-state index contributed by atoms with van der Waals surface area (Å²) in [4.78, 5) is 28.4. The molecule has 0 radical (unpaired) electrons. The van der Waals surface area contributed by atoms with E-state index in [1.165, 1.54) is 5.56 Å². The number of hydrogen-bond acceptors (Lipinski definition) is 3. The van der Waals surface area contributed by atoms with Crippen LogP contribution in [0.5, 0.6) is 5.75 Å². The highest BCUT2D eigenvalue weighted by atomic mass is 16.5. The number of methoxy groups -OCH3 is 1. The van der Waals surface area contributed by atoms with Crippen LogP contribution in [0.3, 0.4) is 0 Å². The van der Waals surface area contributed by atoms with Crippen LogP contribution in [0.4, 0.5) is 10.5 Å². The maximum Gasteiger partial charge on any atom is 0.321 e. The molecule has 3 unspecified atom stereocenters. The van der Waals surface area contributed by atoms with Crippen molar-refractivity contribution in [2.24, 2.45) is 5.92 Å². The number of carbonyl (C=O) groups is 2. The van der Waals surface area contributed by atoms with E-state index in [0.717, 1.165) is 11.1 Å². The molecule has 2 N–H and O–H groups in total. The number of aryl methyl sites for hydroxylation is 1. The fraction of sp³-hybridized carbons (Fsp3) is 0.310. The number of hydrogen-bond donors (Lipinski definition) is 2. The number of carbonyl (C=O) groups excluding carboxylic acids is 2. The third-order valence-corrected chi connectivity index (χ3v) is 6.60. The number of amides is 3. The average Bonchev–Trinajstić information content (AvgIpc) is 2.89. The Hall–Kier alpha value is -3.80. The molecule has 3 aromatic carbocycles. The van der Waals surface area contributed by atoms with E-state index in [2.05, 4.69) is 35.8 Å². The van der Waals surface area contributed by atoms with Gasteiger partial charge >= 0.3 is 6.03 Å². The molecule has 0 bridgehead atoms. The van der Waals surface area contributed by atoms with Gasteiger partial charge in [0.2, 0.25) is 5.91 Å². The lowest BCUT2D eigenvalue weighted by Gasteiger charge is -2.38. The Morgan fingerprint density at radius 2 is 1.74 bits per heavy atom. The first-order valence-electron chi connectivity index (χ1n) is 12.0. The molecule has 3 atom stereocenters.